The normalized spacial score (nSPS) is 12.0. The second-order valence-electron chi connectivity index (χ2n) is 4.77. The van der Waals surface area contributed by atoms with Crippen molar-refractivity contribution in [2.24, 2.45) is 0 Å². The van der Waals surface area contributed by atoms with Gasteiger partial charge in [-0.25, -0.2) is 0 Å². The Morgan fingerprint density at radius 3 is 2.70 bits per heavy atom. The van der Waals surface area contributed by atoms with Gasteiger partial charge < -0.3 is 15.1 Å². The van der Waals surface area contributed by atoms with E-state index >= 15 is 0 Å². The molecular formula is C15H17ClN2OS. The summed E-state index contributed by atoms with van der Waals surface area (Å²) in [7, 11) is 0. The Kier molecular flexibility index (Phi) is 4.68. The lowest BCUT2D eigenvalue weighted by molar-refractivity contribution is 0.464. The second kappa shape index (κ2) is 6.29. The van der Waals surface area contributed by atoms with Crippen molar-refractivity contribution in [2.45, 2.75) is 26.8 Å². The standard InChI is InChI=1S/C15H17ClN2OS/c1-9-7-10(2)14(12(16)8-9)18-15(20)17-11(3)13-5-4-6-19-13/h4-8,11H,1-3H3,(H2,17,18,20)/t11-/m1/s1. The molecular weight excluding hydrogens is 292 g/mol. The maximum atomic E-state index is 6.25. The Labute approximate surface area is 129 Å². The predicted molar refractivity (Wildman–Crippen MR) is 87.4 cm³/mol. The van der Waals surface area contributed by atoms with Crippen LogP contribution in [0.25, 0.3) is 0 Å². The highest BCUT2D eigenvalue weighted by Crippen LogP contribution is 2.27. The van der Waals surface area contributed by atoms with Crippen molar-refractivity contribution in [2.75, 3.05) is 5.32 Å². The summed E-state index contributed by atoms with van der Waals surface area (Å²) in [6, 6.07) is 7.73. The predicted octanol–water partition coefficient (Wildman–Crippen LogP) is 4.60. The van der Waals surface area contributed by atoms with Gasteiger partial charge in [-0.3, -0.25) is 0 Å². The minimum atomic E-state index is -0.00506. The van der Waals surface area contributed by atoms with Crippen LogP contribution in [0.4, 0.5) is 5.69 Å². The number of furan rings is 1. The number of aryl methyl sites for hydroxylation is 2. The number of hydrogen-bond donors (Lipinski definition) is 2. The molecule has 5 heteroatoms. The fourth-order valence-electron chi connectivity index (χ4n) is 2.03. The largest absolute Gasteiger partial charge is 0.467 e. The maximum absolute atomic E-state index is 6.25. The van der Waals surface area contributed by atoms with Crippen LogP contribution in [0.2, 0.25) is 5.02 Å². The molecule has 0 fully saturated rings. The maximum Gasteiger partial charge on any atom is 0.171 e. The van der Waals surface area contributed by atoms with E-state index < -0.39 is 0 Å². The lowest BCUT2D eigenvalue weighted by Crippen LogP contribution is -2.31. The van der Waals surface area contributed by atoms with Crippen LogP contribution in [0.3, 0.4) is 0 Å². The summed E-state index contributed by atoms with van der Waals surface area (Å²) >= 11 is 11.6. The molecule has 2 rings (SSSR count). The molecule has 0 amide bonds. The van der Waals surface area contributed by atoms with E-state index in [1.54, 1.807) is 6.26 Å². The van der Waals surface area contributed by atoms with Crippen molar-refractivity contribution in [1.82, 2.24) is 5.32 Å². The van der Waals surface area contributed by atoms with Crippen LogP contribution in [0.15, 0.2) is 34.9 Å². The molecule has 0 bridgehead atoms. The molecule has 2 N–H and O–H groups in total. The number of benzene rings is 1. The minimum Gasteiger partial charge on any atom is -0.467 e. The number of halogens is 1. The molecule has 0 saturated heterocycles. The third kappa shape index (κ3) is 3.52. The quantitative estimate of drug-likeness (QED) is 0.813. The van der Waals surface area contributed by atoms with E-state index in [-0.39, 0.29) is 6.04 Å². The van der Waals surface area contributed by atoms with Crippen molar-refractivity contribution < 1.29 is 4.42 Å². The molecule has 0 aliphatic heterocycles. The fourth-order valence-corrected chi connectivity index (χ4v) is 2.68. The van der Waals surface area contributed by atoms with Gasteiger partial charge in [-0.1, -0.05) is 17.7 Å². The summed E-state index contributed by atoms with van der Waals surface area (Å²) in [6.07, 6.45) is 1.64. The van der Waals surface area contributed by atoms with Gasteiger partial charge in [-0.05, 0) is 62.3 Å². The molecule has 0 saturated carbocycles. The Morgan fingerprint density at radius 1 is 1.35 bits per heavy atom. The molecule has 20 heavy (non-hydrogen) atoms. The third-order valence-electron chi connectivity index (χ3n) is 2.99. The molecule has 0 unspecified atom stereocenters. The first-order valence-corrected chi connectivity index (χ1v) is 7.13. The first-order chi connectivity index (χ1) is 9.47. The molecule has 1 aromatic carbocycles. The van der Waals surface area contributed by atoms with Gasteiger partial charge >= 0.3 is 0 Å². The van der Waals surface area contributed by atoms with Gasteiger partial charge in [0.2, 0.25) is 0 Å². The average molecular weight is 309 g/mol. The summed E-state index contributed by atoms with van der Waals surface area (Å²) in [4.78, 5) is 0. The highest BCUT2D eigenvalue weighted by atomic mass is 35.5. The molecule has 106 valence electrons. The van der Waals surface area contributed by atoms with Crippen LogP contribution in [0.5, 0.6) is 0 Å². The van der Waals surface area contributed by atoms with Crippen molar-refractivity contribution in [3.8, 4) is 0 Å². The summed E-state index contributed by atoms with van der Waals surface area (Å²) in [5.74, 6) is 0.834. The van der Waals surface area contributed by atoms with Crippen molar-refractivity contribution in [3.05, 3.63) is 52.4 Å². The third-order valence-corrected chi connectivity index (χ3v) is 3.51. The van der Waals surface area contributed by atoms with Crippen LogP contribution in [0, 0.1) is 13.8 Å². The highest BCUT2D eigenvalue weighted by Gasteiger charge is 2.11. The zero-order valence-electron chi connectivity index (χ0n) is 11.7. The highest BCUT2D eigenvalue weighted by molar-refractivity contribution is 7.80. The zero-order chi connectivity index (χ0) is 14.7. The molecule has 1 aromatic heterocycles. The first kappa shape index (κ1) is 14.9. The lowest BCUT2D eigenvalue weighted by atomic mass is 10.1. The van der Waals surface area contributed by atoms with E-state index in [2.05, 4.69) is 16.7 Å². The van der Waals surface area contributed by atoms with Gasteiger partial charge in [0.15, 0.2) is 5.11 Å². The molecule has 0 aliphatic carbocycles. The van der Waals surface area contributed by atoms with Crippen LogP contribution in [0.1, 0.15) is 29.9 Å². The average Bonchev–Trinajstić information content (AvgIpc) is 2.87. The lowest BCUT2D eigenvalue weighted by Gasteiger charge is -2.17. The second-order valence-corrected chi connectivity index (χ2v) is 5.59. The molecule has 2 aromatic rings. The summed E-state index contributed by atoms with van der Waals surface area (Å²) < 4.78 is 5.33. The molecule has 0 radical (unpaired) electrons. The fraction of sp³-hybridized carbons (Fsp3) is 0.267. The topological polar surface area (TPSA) is 37.2 Å². The van der Waals surface area contributed by atoms with Crippen molar-refractivity contribution >= 4 is 34.6 Å². The SMILES string of the molecule is Cc1cc(C)c(NC(=S)N[C@H](C)c2ccco2)c(Cl)c1. The van der Waals surface area contributed by atoms with Crippen molar-refractivity contribution in [3.63, 3.8) is 0 Å². The number of nitrogens with one attached hydrogen (secondary N) is 2. The summed E-state index contributed by atoms with van der Waals surface area (Å²) in [6.45, 7) is 5.99. The first-order valence-electron chi connectivity index (χ1n) is 6.35. The number of hydrogen-bond acceptors (Lipinski definition) is 2. The van der Waals surface area contributed by atoms with Gasteiger partial charge in [0.05, 0.1) is 23.0 Å². The van der Waals surface area contributed by atoms with E-state index in [1.807, 2.05) is 39.0 Å². The van der Waals surface area contributed by atoms with E-state index in [0.29, 0.717) is 10.1 Å². The Morgan fingerprint density at radius 2 is 2.10 bits per heavy atom. The van der Waals surface area contributed by atoms with Crippen LogP contribution in [-0.2, 0) is 0 Å². The van der Waals surface area contributed by atoms with E-state index in [1.165, 1.54) is 0 Å². The van der Waals surface area contributed by atoms with Crippen LogP contribution >= 0.6 is 23.8 Å². The molecule has 0 spiro atoms. The van der Waals surface area contributed by atoms with Gasteiger partial charge in [0, 0.05) is 0 Å². The molecule has 1 atom stereocenters. The summed E-state index contributed by atoms with van der Waals surface area (Å²) in [5, 5.41) is 7.49. The van der Waals surface area contributed by atoms with Crippen molar-refractivity contribution in [1.29, 1.82) is 0 Å². The number of anilines is 1. The molecule has 3 nitrogen and oxygen atoms in total. The molecule has 0 aliphatic rings. The van der Waals surface area contributed by atoms with Crippen LogP contribution in [-0.4, -0.2) is 5.11 Å². The van der Waals surface area contributed by atoms with Gasteiger partial charge in [-0.2, -0.15) is 0 Å². The van der Waals surface area contributed by atoms with Crippen LogP contribution < -0.4 is 10.6 Å². The van der Waals surface area contributed by atoms with E-state index in [0.717, 1.165) is 22.6 Å². The van der Waals surface area contributed by atoms with Gasteiger partial charge in [0.25, 0.3) is 0 Å². The zero-order valence-corrected chi connectivity index (χ0v) is 13.2. The number of rotatable bonds is 3. The molecule has 1 heterocycles. The smallest absolute Gasteiger partial charge is 0.171 e. The van der Waals surface area contributed by atoms with Gasteiger partial charge in [0.1, 0.15) is 5.76 Å². The minimum absolute atomic E-state index is 0.00506. The Balaban J connectivity index is 2.05. The van der Waals surface area contributed by atoms with E-state index in [4.69, 9.17) is 28.2 Å². The Hall–Kier alpha value is -1.52. The van der Waals surface area contributed by atoms with E-state index in [9.17, 15) is 0 Å². The summed E-state index contributed by atoms with van der Waals surface area (Å²) in [5.41, 5.74) is 3.02. The monoisotopic (exact) mass is 308 g/mol. The number of thiocarbonyl (C=S) groups is 1. The Bertz CT molecular complexity index is 587. The van der Waals surface area contributed by atoms with Gasteiger partial charge in [-0.15, -0.1) is 0 Å².